The number of hydrogen-bond acceptors (Lipinski definition) is 1. The minimum absolute atomic E-state index is 0.0747. The standard InChI is InChI=1S/C14H9ClF4O/c1-8-6-10(3-4-12(8)16)20-13-5-2-9(7-11(13)15)14(17,18)19/h2-7H,1H3. The molecule has 0 aliphatic carbocycles. The Kier molecular flexibility index (Phi) is 3.90. The van der Waals surface area contributed by atoms with E-state index in [0.29, 0.717) is 11.3 Å². The van der Waals surface area contributed by atoms with Crippen LogP contribution < -0.4 is 4.74 Å². The number of aryl methyl sites for hydroxylation is 1. The first-order valence-electron chi connectivity index (χ1n) is 5.58. The lowest BCUT2D eigenvalue weighted by Gasteiger charge is -2.11. The molecule has 0 radical (unpaired) electrons. The van der Waals surface area contributed by atoms with E-state index in [-0.39, 0.29) is 10.8 Å². The van der Waals surface area contributed by atoms with Crippen molar-refractivity contribution in [1.29, 1.82) is 0 Å². The van der Waals surface area contributed by atoms with Crippen LogP contribution in [-0.2, 0) is 6.18 Å². The molecule has 0 aromatic heterocycles. The Morgan fingerprint density at radius 1 is 1.05 bits per heavy atom. The monoisotopic (exact) mass is 304 g/mol. The fourth-order valence-corrected chi connectivity index (χ4v) is 1.79. The van der Waals surface area contributed by atoms with Gasteiger partial charge in [0.05, 0.1) is 10.6 Å². The quantitative estimate of drug-likeness (QED) is 0.656. The molecule has 0 unspecified atom stereocenters. The zero-order chi connectivity index (χ0) is 14.9. The van der Waals surface area contributed by atoms with Crippen LogP contribution in [-0.4, -0.2) is 0 Å². The van der Waals surface area contributed by atoms with E-state index in [2.05, 4.69) is 0 Å². The van der Waals surface area contributed by atoms with E-state index in [9.17, 15) is 17.6 Å². The third kappa shape index (κ3) is 3.22. The molecule has 0 amide bonds. The van der Waals surface area contributed by atoms with Crippen LogP contribution in [0.25, 0.3) is 0 Å². The molecule has 106 valence electrons. The van der Waals surface area contributed by atoms with Crippen molar-refractivity contribution in [2.75, 3.05) is 0 Å². The van der Waals surface area contributed by atoms with Gasteiger partial charge in [-0.05, 0) is 48.9 Å². The number of ether oxygens (including phenoxy) is 1. The average Bonchev–Trinajstić information content (AvgIpc) is 2.35. The Labute approximate surface area is 117 Å². The minimum Gasteiger partial charge on any atom is -0.456 e. The molecular formula is C14H9ClF4O. The minimum atomic E-state index is -4.46. The van der Waals surface area contributed by atoms with Crippen LogP contribution in [0.15, 0.2) is 36.4 Å². The van der Waals surface area contributed by atoms with Crippen LogP contribution in [0.1, 0.15) is 11.1 Å². The van der Waals surface area contributed by atoms with Crippen molar-refractivity contribution in [3.63, 3.8) is 0 Å². The number of benzene rings is 2. The summed E-state index contributed by atoms with van der Waals surface area (Å²) in [5, 5.41) is -0.165. The fraction of sp³-hybridized carbons (Fsp3) is 0.143. The topological polar surface area (TPSA) is 9.23 Å². The summed E-state index contributed by atoms with van der Waals surface area (Å²) < 4.78 is 55.9. The maximum Gasteiger partial charge on any atom is 0.416 e. The molecule has 0 spiro atoms. The van der Waals surface area contributed by atoms with Crippen molar-refractivity contribution in [2.24, 2.45) is 0 Å². The lowest BCUT2D eigenvalue weighted by atomic mass is 10.2. The van der Waals surface area contributed by atoms with E-state index < -0.39 is 17.6 Å². The van der Waals surface area contributed by atoms with Crippen LogP contribution >= 0.6 is 11.6 Å². The van der Waals surface area contributed by atoms with E-state index in [1.165, 1.54) is 18.2 Å². The summed E-state index contributed by atoms with van der Waals surface area (Å²) in [6, 6.07) is 6.80. The lowest BCUT2D eigenvalue weighted by Crippen LogP contribution is -2.04. The van der Waals surface area contributed by atoms with Gasteiger partial charge in [-0.25, -0.2) is 4.39 Å². The predicted octanol–water partition coefficient (Wildman–Crippen LogP) is 5.60. The zero-order valence-electron chi connectivity index (χ0n) is 10.3. The van der Waals surface area contributed by atoms with Crippen molar-refractivity contribution in [1.82, 2.24) is 0 Å². The summed E-state index contributed by atoms with van der Waals surface area (Å²) in [6.45, 7) is 1.55. The highest BCUT2D eigenvalue weighted by molar-refractivity contribution is 6.32. The first-order chi connectivity index (χ1) is 9.27. The van der Waals surface area contributed by atoms with Gasteiger partial charge in [0.2, 0.25) is 0 Å². The molecule has 0 fully saturated rings. The van der Waals surface area contributed by atoms with Crippen molar-refractivity contribution >= 4 is 11.6 Å². The van der Waals surface area contributed by atoms with Gasteiger partial charge in [-0.15, -0.1) is 0 Å². The second-order valence-corrected chi connectivity index (χ2v) is 4.56. The molecule has 2 aromatic carbocycles. The second kappa shape index (κ2) is 5.32. The number of halogens is 5. The molecule has 0 saturated carbocycles. The molecular weight excluding hydrogens is 296 g/mol. The normalized spacial score (nSPS) is 11.5. The summed E-state index contributed by atoms with van der Waals surface area (Å²) in [5.41, 5.74) is -0.490. The molecule has 2 rings (SSSR count). The Morgan fingerprint density at radius 2 is 1.75 bits per heavy atom. The summed E-state index contributed by atoms with van der Waals surface area (Å²) >= 11 is 5.76. The van der Waals surface area contributed by atoms with E-state index in [4.69, 9.17) is 16.3 Å². The lowest BCUT2D eigenvalue weighted by molar-refractivity contribution is -0.137. The molecule has 0 aliphatic rings. The molecule has 0 bridgehead atoms. The SMILES string of the molecule is Cc1cc(Oc2ccc(C(F)(F)F)cc2Cl)ccc1F. The molecule has 0 saturated heterocycles. The smallest absolute Gasteiger partial charge is 0.416 e. The third-order valence-electron chi connectivity index (χ3n) is 2.62. The van der Waals surface area contributed by atoms with Crippen LogP contribution in [0.2, 0.25) is 5.02 Å². The fourth-order valence-electron chi connectivity index (χ4n) is 1.57. The highest BCUT2D eigenvalue weighted by Gasteiger charge is 2.31. The van der Waals surface area contributed by atoms with Gasteiger partial charge in [-0.1, -0.05) is 11.6 Å². The summed E-state index contributed by atoms with van der Waals surface area (Å²) in [6.07, 6.45) is -4.46. The van der Waals surface area contributed by atoms with Gasteiger partial charge in [-0.3, -0.25) is 0 Å². The zero-order valence-corrected chi connectivity index (χ0v) is 11.0. The van der Waals surface area contributed by atoms with Gasteiger partial charge in [0.1, 0.15) is 17.3 Å². The number of hydrogen-bond donors (Lipinski definition) is 0. The Hall–Kier alpha value is -1.75. The van der Waals surface area contributed by atoms with Crippen molar-refractivity contribution in [3.8, 4) is 11.5 Å². The molecule has 0 atom stereocenters. The highest BCUT2D eigenvalue weighted by atomic mass is 35.5. The summed E-state index contributed by atoms with van der Waals surface area (Å²) in [7, 11) is 0. The van der Waals surface area contributed by atoms with Gasteiger partial charge in [0, 0.05) is 0 Å². The summed E-state index contributed by atoms with van der Waals surface area (Å²) in [5.74, 6) is -0.0212. The van der Waals surface area contributed by atoms with Crippen LogP contribution in [0, 0.1) is 12.7 Å². The first kappa shape index (κ1) is 14.7. The number of alkyl halides is 3. The molecule has 0 heterocycles. The summed E-state index contributed by atoms with van der Waals surface area (Å²) in [4.78, 5) is 0. The molecule has 2 aromatic rings. The van der Waals surface area contributed by atoms with Crippen molar-refractivity contribution in [3.05, 3.63) is 58.4 Å². The van der Waals surface area contributed by atoms with Gasteiger partial charge < -0.3 is 4.74 Å². The average molecular weight is 305 g/mol. The first-order valence-corrected chi connectivity index (χ1v) is 5.96. The number of rotatable bonds is 2. The second-order valence-electron chi connectivity index (χ2n) is 4.16. The van der Waals surface area contributed by atoms with Crippen LogP contribution in [0.4, 0.5) is 17.6 Å². The molecule has 0 aliphatic heterocycles. The van der Waals surface area contributed by atoms with E-state index in [1.807, 2.05) is 0 Å². The molecule has 20 heavy (non-hydrogen) atoms. The van der Waals surface area contributed by atoms with Gasteiger partial charge in [-0.2, -0.15) is 13.2 Å². The van der Waals surface area contributed by atoms with Crippen molar-refractivity contribution < 1.29 is 22.3 Å². The van der Waals surface area contributed by atoms with E-state index >= 15 is 0 Å². The van der Waals surface area contributed by atoms with Gasteiger partial charge in [0.15, 0.2) is 0 Å². The van der Waals surface area contributed by atoms with Gasteiger partial charge >= 0.3 is 6.18 Å². The Bertz CT molecular complexity index is 638. The molecule has 0 N–H and O–H groups in total. The third-order valence-corrected chi connectivity index (χ3v) is 2.91. The maximum absolute atomic E-state index is 13.1. The van der Waals surface area contributed by atoms with E-state index in [1.54, 1.807) is 6.92 Å². The van der Waals surface area contributed by atoms with E-state index in [0.717, 1.165) is 18.2 Å². The molecule has 1 nitrogen and oxygen atoms in total. The highest BCUT2D eigenvalue weighted by Crippen LogP contribution is 2.36. The Balaban J connectivity index is 2.28. The van der Waals surface area contributed by atoms with Crippen molar-refractivity contribution in [2.45, 2.75) is 13.1 Å². The molecule has 6 heteroatoms. The predicted molar refractivity (Wildman–Crippen MR) is 67.7 cm³/mol. The Morgan fingerprint density at radius 3 is 2.30 bits per heavy atom. The largest absolute Gasteiger partial charge is 0.456 e. The maximum atomic E-state index is 13.1. The van der Waals surface area contributed by atoms with Gasteiger partial charge in [0.25, 0.3) is 0 Å². The van der Waals surface area contributed by atoms with Crippen LogP contribution in [0.5, 0.6) is 11.5 Å². The van der Waals surface area contributed by atoms with Crippen LogP contribution in [0.3, 0.4) is 0 Å².